The Bertz CT molecular complexity index is 1040. The van der Waals surface area contributed by atoms with E-state index < -0.39 is 16.0 Å². The van der Waals surface area contributed by atoms with E-state index in [0.717, 1.165) is 5.56 Å². The standard InChI is InChI=1S/C20H20N2O5S/c1-14(2)22-28(24,25)18-10-8-16(9-11-18)20(23)26-13-17-12-19(21-27-17)15-6-4-3-5-7-15/h3-12,14,22H,13H2,1-2H3. The van der Waals surface area contributed by atoms with Gasteiger partial charge in [-0.15, -0.1) is 0 Å². The first-order chi connectivity index (χ1) is 13.3. The molecule has 0 radical (unpaired) electrons. The van der Waals surface area contributed by atoms with E-state index >= 15 is 0 Å². The van der Waals surface area contributed by atoms with Gasteiger partial charge in [0.2, 0.25) is 10.0 Å². The van der Waals surface area contributed by atoms with Crippen LogP contribution >= 0.6 is 0 Å². The van der Waals surface area contributed by atoms with Crippen molar-refractivity contribution < 1.29 is 22.5 Å². The molecule has 3 rings (SSSR count). The summed E-state index contributed by atoms with van der Waals surface area (Å²) in [6.07, 6.45) is 0. The molecule has 0 aliphatic carbocycles. The van der Waals surface area contributed by atoms with Crippen LogP contribution in [0.5, 0.6) is 0 Å². The second-order valence-electron chi connectivity index (χ2n) is 6.42. The van der Waals surface area contributed by atoms with Crippen molar-refractivity contribution in [2.75, 3.05) is 0 Å². The number of carbonyl (C=O) groups excluding carboxylic acids is 1. The third kappa shape index (κ3) is 4.85. The lowest BCUT2D eigenvalue weighted by atomic mass is 10.1. The molecule has 1 N–H and O–H groups in total. The number of carbonyl (C=O) groups is 1. The van der Waals surface area contributed by atoms with Crippen LogP contribution in [0, 0.1) is 0 Å². The molecule has 0 saturated carbocycles. The minimum atomic E-state index is -3.61. The van der Waals surface area contributed by atoms with Gasteiger partial charge in [-0.25, -0.2) is 17.9 Å². The molecule has 0 atom stereocenters. The van der Waals surface area contributed by atoms with Crippen molar-refractivity contribution in [2.24, 2.45) is 0 Å². The number of benzene rings is 2. The molecule has 3 aromatic rings. The Labute approximate surface area is 163 Å². The molecule has 146 valence electrons. The second-order valence-corrected chi connectivity index (χ2v) is 8.13. The van der Waals surface area contributed by atoms with Gasteiger partial charge in [-0.05, 0) is 38.1 Å². The van der Waals surface area contributed by atoms with Gasteiger partial charge in [0.25, 0.3) is 0 Å². The molecule has 1 heterocycles. The van der Waals surface area contributed by atoms with Gasteiger partial charge < -0.3 is 9.26 Å². The van der Waals surface area contributed by atoms with Gasteiger partial charge in [0, 0.05) is 17.7 Å². The second kappa shape index (κ2) is 8.37. The molecule has 1 aromatic heterocycles. The van der Waals surface area contributed by atoms with Crippen LogP contribution in [0.15, 0.2) is 70.1 Å². The molecule has 2 aromatic carbocycles. The highest BCUT2D eigenvalue weighted by atomic mass is 32.2. The van der Waals surface area contributed by atoms with Crippen LogP contribution in [0.2, 0.25) is 0 Å². The predicted molar refractivity (Wildman–Crippen MR) is 103 cm³/mol. The Kier molecular flexibility index (Phi) is 5.91. The SMILES string of the molecule is CC(C)NS(=O)(=O)c1ccc(C(=O)OCc2cc(-c3ccccc3)no2)cc1. The molecule has 0 aliphatic rings. The number of nitrogens with zero attached hydrogens (tertiary/aromatic N) is 1. The molecule has 0 bridgehead atoms. The third-order valence-corrected chi connectivity index (χ3v) is 5.44. The molecule has 0 aliphatic heterocycles. The van der Waals surface area contributed by atoms with Crippen LogP contribution in [0.3, 0.4) is 0 Å². The van der Waals surface area contributed by atoms with E-state index in [1.165, 1.54) is 24.3 Å². The Morgan fingerprint density at radius 1 is 1.11 bits per heavy atom. The van der Waals surface area contributed by atoms with Gasteiger partial charge in [-0.3, -0.25) is 0 Å². The minimum Gasteiger partial charge on any atom is -0.454 e. The van der Waals surface area contributed by atoms with Crippen molar-refractivity contribution >= 4 is 16.0 Å². The van der Waals surface area contributed by atoms with Crippen LogP contribution in [0.4, 0.5) is 0 Å². The molecule has 7 nitrogen and oxygen atoms in total. The first-order valence-corrected chi connectivity index (χ1v) is 10.1. The lowest BCUT2D eigenvalue weighted by molar-refractivity contribution is 0.0437. The molecule has 0 fully saturated rings. The first-order valence-electron chi connectivity index (χ1n) is 8.66. The maximum Gasteiger partial charge on any atom is 0.338 e. The maximum absolute atomic E-state index is 12.2. The van der Waals surface area contributed by atoms with E-state index in [1.54, 1.807) is 19.9 Å². The van der Waals surface area contributed by atoms with Gasteiger partial charge >= 0.3 is 5.97 Å². The molecular weight excluding hydrogens is 380 g/mol. The fourth-order valence-corrected chi connectivity index (χ4v) is 3.75. The van der Waals surface area contributed by atoms with E-state index in [9.17, 15) is 13.2 Å². The fraction of sp³-hybridized carbons (Fsp3) is 0.200. The van der Waals surface area contributed by atoms with Crippen LogP contribution in [-0.4, -0.2) is 25.6 Å². The molecule has 0 saturated heterocycles. The highest BCUT2D eigenvalue weighted by molar-refractivity contribution is 7.89. The van der Waals surface area contributed by atoms with Crippen molar-refractivity contribution in [1.29, 1.82) is 0 Å². The highest BCUT2D eigenvalue weighted by Crippen LogP contribution is 2.19. The van der Waals surface area contributed by atoms with Crippen LogP contribution in [0.1, 0.15) is 30.0 Å². The van der Waals surface area contributed by atoms with E-state index in [0.29, 0.717) is 11.5 Å². The lowest BCUT2D eigenvalue weighted by Crippen LogP contribution is -2.30. The van der Waals surface area contributed by atoms with Crippen molar-refractivity contribution in [2.45, 2.75) is 31.4 Å². The number of rotatable bonds is 7. The summed E-state index contributed by atoms with van der Waals surface area (Å²) in [5.74, 6) is -0.175. The van der Waals surface area contributed by atoms with Crippen LogP contribution < -0.4 is 4.72 Å². The van der Waals surface area contributed by atoms with E-state index in [1.807, 2.05) is 30.3 Å². The lowest BCUT2D eigenvalue weighted by Gasteiger charge is -2.09. The highest BCUT2D eigenvalue weighted by Gasteiger charge is 2.17. The quantitative estimate of drug-likeness (QED) is 0.611. The van der Waals surface area contributed by atoms with Gasteiger partial charge in [0.1, 0.15) is 5.69 Å². The molecule has 28 heavy (non-hydrogen) atoms. The Hall–Kier alpha value is -2.97. The van der Waals surface area contributed by atoms with E-state index in [-0.39, 0.29) is 23.1 Å². The maximum atomic E-state index is 12.2. The topological polar surface area (TPSA) is 98.5 Å². The van der Waals surface area contributed by atoms with Crippen molar-refractivity contribution in [3.8, 4) is 11.3 Å². The summed E-state index contributed by atoms with van der Waals surface area (Å²) in [4.78, 5) is 12.3. The molecule has 0 spiro atoms. The van der Waals surface area contributed by atoms with Gasteiger partial charge in [-0.2, -0.15) is 0 Å². The summed E-state index contributed by atoms with van der Waals surface area (Å²) in [6, 6.07) is 16.5. The van der Waals surface area contributed by atoms with Crippen LogP contribution in [-0.2, 0) is 21.4 Å². The Morgan fingerprint density at radius 2 is 1.79 bits per heavy atom. The summed E-state index contributed by atoms with van der Waals surface area (Å²) >= 11 is 0. The summed E-state index contributed by atoms with van der Waals surface area (Å²) in [5, 5.41) is 3.96. The molecule has 0 unspecified atom stereocenters. The normalized spacial score (nSPS) is 11.5. The average molecular weight is 400 g/mol. The zero-order valence-electron chi connectivity index (χ0n) is 15.5. The predicted octanol–water partition coefficient (Wildman–Crippen LogP) is 3.39. The number of esters is 1. The summed E-state index contributed by atoms with van der Waals surface area (Å²) in [5.41, 5.74) is 1.79. The first kappa shape index (κ1) is 19.8. The zero-order chi connectivity index (χ0) is 20.1. The largest absolute Gasteiger partial charge is 0.454 e. The number of ether oxygens (including phenoxy) is 1. The van der Waals surface area contributed by atoms with Crippen molar-refractivity contribution in [1.82, 2.24) is 9.88 Å². The van der Waals surface area contributed by atoms with Gasteiger partial charge in [0.15, 0.2) is 12.4 Å². The summed E-state index contributed by atoms with van der Waals surface area (Å²) < 4.78 is 37.1. The third-order valence-electron chi connectivity index (χ3n) is 3.77. The summed E-state index contributed by atoms with van der Waals surface area (Å²) in [7, 11) is -3.61. The molecule has 8 heteroatoms. The number of hydrogen-bond donors (Lipinski definition) is 1. The minimum absolute atomic E-state index is 0.0758. The number of aromatic nitrogens is 1. The number of hydrogen-bond acceptors (Lipinski definition) is 6. The van der Waals surface area contributed by atoms with Crippen LogP contribution in [0.25, 0.3) is 11.3 Å². The van der Waals surface area contributed by atoms with E-state index in [2.05, 4.69) is 9.88 Å². The molecule has 0 amide bonds. The smallest absolute Gasteiger partial charge is 0.338 e. The van der Waals surface area contributed by atoms with E-state index in [4.69, 9.17) is 9.26 Å². The zero-order valence-corrected chi connectivity index (χ0v) is 16.3. The Morgan fingerprint density at radius 3 is 2.43 bits per heavy atom. The van der Waals surface area contributed by atoms with Crippen molar-refractivity contribution in [3.05, 3.63) is 72.0 Å². The summed E-state index contributed by atoms with van der Waals surface area (Å²) in [6.45, 7) is 3.39. The van der Waals surface area contributed by atoms with Gasteiger partial charge in [-0.1, -0.05) is 35.5 Å². The number of sulfonamides is 1. The number of nitrogens with one attached hydrogen (secondary N) is 1. The van der Waals surface area contributed by atoms with Gasteiger partial charge in [0.05, 0.1) is 10.5 Å². The monoisotopic (exact) mass is 400 g/mol. The van der Waals surface area contributed by atoms with Crippen molar-refractivity contribution in [3.63, 3.8) is 0 Å². The average Bonchev–Trinajstić information content (AvgIpc) is 3.15. The molecular formula is C20H20N2O5S. The fourth-order valence-electron chi connectivity index (χ4n) is 2.49. The Balaban J connectivity index is 1.62.